The van der Waals surface area contributed by atoms with E-state index in [0.29, 0.717) is 11.3 Å². The molecule has 1 atom stereocenters. The van der Waals surface area contributed by atoms with Crippen LogP contribution in [0, 0.1) is 6.92 Å². The molecular weight excluding hydrogens is 244 g/mol. The van der Waals surface area contributed by atoms with Gasteiger partial charge in [0.2, 0.25) is 0 Å². The van der Waals surface area contributed by atoms with Crippen LogP contribution in [-0.2, 0) is 4.74 Å². The molecule has 5 nitrogen and oxygen atoms in total. The molecule has 0 saturated heterocycles. The van der Waals surface area contributed by atoms with E-state index in [1.807, 2.05) is 0 Å². The zero-order chi connectivity index (χ0) is 12.8. The monoisotopic (exact) mass is 258 g/mol. The first-order valence-corrected chi connectivity index (χ1v) is 5.50. The van der Waals surface area contributed by atoms with Gasteiger partial charge in [-0.2, -0.15) is 0 Å². The van der Waals surface area contributed by atoms with E-state index in [2.05, 4.69) is 10.3 Å². The molecule has 0 radical (unpaired) electrons. The number of carbonyl (C=O) groups excluding carboxylic acids is 1. The van der Waals surface area contributed by atoms with E-state index in [1.165, 1.54) is 13.2 Å². The summed E-state index contributed by atoms with van der Waals surface area (Å²) in [6.07, 6.45) is -0.720. The predicted molar refractivity (Wildman–Crippen MR) is 64.2 cm³/mol. The Labute approximate surface area is 105 Å². The number of aliphatic hydroxyl groups is 1. The molecule has 1 aromatic rings. The van der Waals surface area contributed by atoms with Crippen LogP contribution in [0.2, 0.25) is 5.15 Å². The summed E-state index contributed by atoms with van der Waals surface area (Å²) in [5.74, 6) is -0.299. The molecule has 17 heavy (non-hydrogen) atoms. The van der Waals surface area contributed by atoms with Crippen LogP contribution in [0.1, 0.15) is 16.1 Å². The summed E-state index contributed by atoms with van der Waals surface area (Å²) in [7, 11) is 1.48. The van der Waals surface area contributed by atoms with Crippen LogP contribution < -0.4 is 5.32 Å². The molecule has 0 aliphatic rings. The summed E-state index contributed by atoms with van der Waals surface area (Å²) in [4.78, 5) is 15.7. The summed E-state index contributed by atoms with van der Waals surface area (Å²) < 4.78 is 4.75. The standard InChI is InChI=1S/C11H15ClN2O3/c1-7-3-8(4-10(12)14-7)11(16)13-5-9(15)6-17-2/h3-4,9,15H,5-6H2,1-2H3,(H,13,16). The number of nitrogens with zero attached hydrogens (tertiary/aromatic N) is 1. The summed E-state index contributed by atoms with van der Waals surface area (Å²) in [6.45, 7) is 2.06. The van der Waals surface area contributed by atoms with Crippen molar-refractivity contribution < 1.29 is 14.6 Å². The fourth-order valence-electron chi connectivity index (χ4n) is 1.32. The molecule has 1 rings (SSSR count). The van der Waals surface area contributed by atoms with E-state index in [1.54, 1.807) is 13.0 Å². The number of aryl methyl sites for hydroxylation is 1. The Morgan fingerprint density at radius 1 is 1.65 bits per heavy atom. The van der Waals surface area contributed by atoms with E-state index >= 15 is 0 Å². The maximum atomic E-state index is 11.7. The van der Waals surface area contributed by atoms with Crippen LogP contribution >= 0.6 is 11.6 Å². The number of aromatic nitrogens is 1. The number of rotatable bonds is 5. The van der Waals surface area contributed by atoms with Gasteiger partial charge in [-0.3, -0.25) is 4.79 Å². The average molecular weight is 259 g/mol. The molecule has 0 aliphatic heterocycles. The number of carbonyl (C=O) groups is 1. The van der Waals surface area contributed by atoms with Crippen molar-refractivity contribution in [1.29, 1.82) is 0 Å². The molecular formula is C11H15ClN2O3. The number of aliphatic hydroxyl groups excluding tert-OH is 1. The quantitative estimate of drug-likeness (QED) is 0.766. The zero-order valence-electron chi connectivity index (χ0n) is 9.74. The minimum Gasteiger partial charge on any atom is -0.389 e. The van der Waals surface area contributed by atoms with Gasteiger partial charge in [0.15, 0.2) is 0 Å². The normalized spacial score (nSPS) is 12.2. The summed E-state index contributed by atoms with van der Waals surface area (Å²) >= 11 is 5.75. The largest absolute Gasteiger partial charge is 0.389 e. The van der Waals surface area contributed by atoms with Gasteiger partial charge in [-0.25, -0.2) is 4.98 Å². The summed E-state index contributed by atoms with van der Waals surface area (Å²) in [5.41, 5.74) is 1.09. The number of nitrogens with one attached hydrogen (secondary N) is 1. The highest BCUT2D eigenvalue weighted by atomic mass is 35.5. The van der Waals surface area contributed by atoms with Crippen molar-refractivity contribution >= 4 is 17.5 Å². The predicted octanol–water partition coefficient (Wildman–Crippen LogP) is 0.781. The van der Waals surface area contributed by atoms with Crippen molar-refractivity contribution in [2.75, 3.05) is 20.3 Å². The first kappa shape index (κ1) is 13.9. The number of methoxy groups -OCH3 is 1. The summed E-state index contributed by atoms with van der Waals surface area (Å²) in [6, 6.07) is 3.11. The van der Waals surface area contributed by atoms with E-state index < -0.39 is 6.10 Å². The minimum atomic E-state index is -0.720. The van der Waals surface area contributed by atoms with Gasteiger partial charge >= 0.3 is 0 Å². The molecule has 1 heterocycles. The van der Waals surface area contributed by atoms with Crippen molar-refractivity contribution in [2.45, 2.75) is 13.0 Å². The smallest absolute Gasteiger partial charge is 0.251 e. The lowest BCUT2D eigenvalue weighted by molar-refractivity contribution is 0.0610. The Kier molecular flexibility index (Phi) is 5.34. The summed E-state index contributed by atoms with van der Waals surface area (Å²) in [5, 5.41) is 12.2. The molecule has 0 bridgehead atoms. The van der Waals surface area contributed by atoms with Gasteiger partial charge in [-0.15, -0.1) is 0 Å². The molecule has 0 aromatic carbocycles. The Morgan fingerprint density at radius 3 is 2.94 bits per heavy atom. The molecule has 0 spiro atoms. The van der Waals surface area contributed by atoms with E-state index in [0.717, 1.165) is 0 Å². The Bertz CT molecular complexity index is 378. The minimum absolute atomic E-state index is 0.131. The maximum absolute atomic E-state index is 11.7. The maximum Gasteiger partial charge on any atom is 0.251 e. The van der Waals surface area contributed by atoms with Crippen LogP contribution in [0.4, 0.5) is 0 Å². The van der Waals surface area contributed by atoms with Crippen LogP contribution in [0.5, 0.6) is 0 Å². The van der Waals surface area contributed by atoms with Gasteiger partial charge in [0.05, 0.1) is 12.7 Å². The SMILES string of the molecule is COCC(O)CNC(=O)c1cc(C)nc(Cl)c1. The van der Waals surface area contributed by atoms with Crippen molar-refractivity contribution in [3.05, 3.63) is 28.5 Å². The third-order valence-corrected chi connectivity index (χ3v) is 2.24. The molecule has 1 amide bonds. The lowest BCUT2D eigenvalue weighted by Crippen LogP contribution is -2.34. The van der Waals surface area contributed by atoms with Gasteiger partial charge in [0, 0.05) is 24.9 Å². The van der Waals surface area contributed by atoms with Crippen molar-refractivity contribution in [1.82, 2.24) is 10.3 Å². The first-order valence-electron chi connectivity index (χ1n) is 5.12. The van der Waals surface area contributed by atoms with Gasteiger partial charge in [-0.1, -0.05) is 11.6 Å². The number of hydrogen-bond donors (Lipinski definition) is 2. The molecule has 1 unspecified atom stereocenters. The van der Waals surface area contributed by atoms with Crippen LogP contribution in [-0.4, -0.2) is 42.4 Å². The number of ether oxygens (including phenoxy) is 1. The lowest BCUT2D eigenvalue weighted by Gasteiger charge is -2.11. The van der Waals surface area contributed by atoms with Gasteiger partial charge in [0.1, 0.15) is 5.15 Å². The molecule has 6 heteroatoms. The third kappa shape index (κ3) is 4.68. The molecule has 94 valence electrons. The van der Waals surface area contributed by atoms with Crippen LogP contribution in [0.15, 0.2) is 12.1 Å². The number of halogens is 1. The Hall–Kier alpha value is -1.17. The zero-order valence-corrected chi connectivity index (χ0v) is 10.5. The first-order chi connectivity index (χ1) is 8.02. The second kappa shape index (κ2) is 6.54. The fourth-order valence-corrected chi connectivity index (χ4v) is 1.57. The second-order valence-corrected chi connectivity index (χ2v) is 4.03. The van der Waals surface area contributed by atoms with Gasteiger partial charge in [0.25, 0.3) is 5.91 Å². The van der Waals surface area contributed by atoms with Gasteiger partial charge < -0.3 is 15.2 Å². The molecule has 1 aromatic heterocycles. The van der Waals surface area contributed by atoms with Crippen molar-refractivity contribution in [3.8, 4) is 0 Å². The lowest BCUT2D eigenvalue weighted by atomic mass is 10.2. The van der Waals surface area contributed by atoms with E-state index in [-0.39, 0.29) is 24.2 Å². The molecule has 0 fully saturated rings. The highest BCUT2D eigenvalue weighted by Gasteiger charge is 2.10. The third-order valence-electron chi connectivity index (χ3n) is 2.04. The number of pyridine rings is 1. The van der Waals surface area contributed by atoms with Crippen LogP contribution in [0.25, 0.3) is 0 Å². The number of hydrogen-bond acceptors (Lipinski definition) is 4. The molecule has 0 saturated carbocycles. The average Bonchev–Trinajstić information content (AvgIpc) is 2.25. The Morgan fingerprint density at radius 2 is 2.35 bits per heavy atom. The van der Waals surface area contributed by atoms with Gasteiger partial charge in [-0.05, 0) is 19.1 Å². The molecule has 2 N–H and O–H groups in total. The van der Waals surface area contributed by atoms with E-state index in [9.17, 15) is 9.90 Å². The van der Waals surface area contributed by atoms with E-state index in [4.69, 9.17) is 16.3 Å². The fraction of sp³-hybridized carbons (Fsp3) is 0.455. The van der Waals surface area contributed by atoms with Crippen LogP contribution in [0.3, 0.4) is 0 Å². The topological polar surface area (TPSA) is 71.5 Å². The number of amides is 1. The molecule has 0 aliphatic carbocycles. The highest BCUT2D eigenvalue weighted by molar-refractivity contribution is 6.29. The van der Waals surface area contributed by atoms with Crippen molar-refractivity contribution in [2.24, 2.45) is 0 Å². The second-order valence-electron chi connectivity index (χ2n) is 3.64. The highest BCUT2D eigenvalue weighted by Crippen LogP contribution is 2.10. The van der Waals surface area contributed by atoms with Crippen molar-refractivity contribution in [3.63, 3.8) is 0 Å². The Balaban J connectivity index is 2.58.